The van der Waals surface area contributed by atoms with E-state index in [0.29, 0.717) is 18.3 Å². The quantitative estimate of drug-likeness (QED) is 0.295. The first-order chi connectivity index (χ1) is 5.74. The molecule has 0 aliphatic rings. The molecule has 4 N–H and O–H groups in total. The van der Waals surface area contributed by atoms with Crippen molar-refractivity contribution in [2.24, 2.45) is 5.84 Å². The van der Waals surface area contributed by atoms with Gasteiger partial charge >= 0.3 is 0 Å². The van der Waals surface area contributed by atoms with Crippen molar-refractivity contribution < 1.29 is 9.47 Å². The first-order valence-electron chi connectivity index (χ1n) is 3.50. The molecule has 0 rings (SSSR count). The maximum absolute atomic E-state index is 5.07. The fraction of sp³-hybridized carbons (Fsp3) is 0.833. The molecule has 0 heterocycles. The minimum Gasteiger partial charge on any atom is -0.382 e. The molecule has 1 atom stereocenters. The van der Waals surface area contributed by atoms with Crippen LogP contribution in [0.1, 0.15) is 0 Å². The van der Waals surface area contributed by atoms with E-state index in [1.54, 1.807) is 14.2 Å². The van der Waals surface area contributed by atoms with E-state index in [9.17, 15) is 0 Å². The molecule has 0 aliphatic carbocycles. The minimum absolute atomic E-state index is 0.0127. The number of nitrogens with two attached hydrogens (primary N) is 1. The summed E-state index contributed by atoms with van der Waals surface area (Å²) in [6.07, 6.45) is -0.0127. The third-order valence-corrected chi connectivity index (χ3v) is 1.57. The normalized spacial score (nSPS) is 12.2. The van der Waals surface area contributed by atoms with Gasteiger partial charge in [-0.1, -0.05) is 0 Å². The molecule has 1 unspecified atom stereocenters. The predicted octanol–water partition coefficient (Wildman–Crippen LogP) is -1.01. The van der Waals surface area contributed by atoms with Crippen molar-refractivity contribution in [3.8, 4) is 0 Å². The lowest BCUT2D eigenvalue weighted by Gasteiger charge is -2.15. The number of nitrogens with one attached hydrogen (secondary N) is 2. The molecule has 0 aliphatic heterocycles. The van der Waals surface area contributed by atoms with Crippen molar-refractivity contribution in [2.75, 3.05) is 27.4 Å². The third-order valence-electron chi connectivity index (χ3n) is 1.31. The van der Waals surface area contributed by atoms with Gasteiger partial charge in [0.15, 0.2) is 5.11 Å². The van der Waals surface area contributed by atoms with Crippen LogP contribution >= 0.6 is 12.2 Å². The second-order valence-electron chi connectivity index (χ2n) is 2.17. The Morgan fingerprint density at radius 2 is 2.25 bits per heavy atom. The Labute approximate surface area is 77.6 Å². The van der Waals surface area contributed by atoms with E-state index in [-0.39, 0.29) is 6.10 Å². The van der Waals surface area contributed by atoms with E-state index < -0.39 is 0 Å². The summed E-state index contributed by atoms with van der Waals surface area (Å²) in [5.74, 6) is 5.05. The van der Waals surface area contributed by atoms with Gasteiger partial charge in [0.2, 0.25) is 0 Å². The van der Waals surface area contributed by atoms with Crippen LogP contribution in [0.3, 0.4) is 0 Å². The fourth-order valence-electron chi connectivity index (χ4n) is 0.654. The molecule has 0 spiro atoms. The molecule has 72 valence electrons. The van der Waals surface area contributed by atoms with Crippen molar-refractivity contribution in [2.45, 2.75) is 6.10 Å². The molecule has 5 nitrogen and oxygen atoms in total. The summed E-state index contributed by atoms with van der Waals surface area (Å²) in [7, 11) is 3.23. The van der Waals surface area contributed by atoms with E-state index in [0.717, 1.165) is 0 Å². The Morgan fingerprint density at radius 3 is 2.67 bits per heavy atom. The molecule has 0 fully saturated rings. The zero-order chi connectivity index (χ0) is 9.40. The second kappa shape index (κ2) is 7.23. The van der Waals surface area contributed by atoms with Gasteiger partial charge in [-0.3, -0.25) is 0 Å². The van der Waals surface area contributed by atoms with Crippen molar-refractivity contribution in [1.82, 2.24) is 10.7 Å². The number of thiocarbonyl (C=S) groups is 1. The highest BCUT2D eigenvalue weighted by Gasteiger charge is 2.05. The lowest BCUT2D eigenvalue weighted by molar-refractivity contribution is 0.0315. The summed E-state index contributed by atoms with van der Waals surface area (Å²) in [6, 6.07) is 0. The summed E-state index contributed by atoms with van der Waals surface area (Å²) < 4.78 is 9.97. The summed E-state index contributed by atoms with van der Waals surface area (Å²) in [6.45, 7) is 1.10. The number of hydrogen-bond acceptors (Lipinski definition) is 4. The Morgan fingerprint density at radius 1 is 1.58 bits per heavy atom. The first kappa shape index (κ1) is 11.6. The summed E-state index contributed by atoms with van der Waals surface area (Å²) in [5.41, 5.74) is 2.31. The monoisotopic (exact) mass is 193 g/mol. The Balaban J connectivity index is 3.50. The van der Waals surface area contributed by atoms with Gasteiger partial charge in [0.05, 0.1) is 12.7 Å². The van der Waals surface area contributed by atoms with Crippen LogP contribution in [-0.4, -0.2) is 38.6 Å². The lowest BCUT2D eigenvalue weighted by Crippen LogP contribution is -2.44. The third kappa shape index (κ3) is 5.25. The molecule has 0 aromatic heterocycles. The van der Waals surface area contributed by atoms with Crippen LogP contribution in [0.25, 0.3) is 0 Å². The van der Waals surface area contributed by atoms with Crippen LogP contribution in [0.15, 0.2) is 0 Å². The Kier molecular flexibility index (Phi) is 6.97. The SMILES string of the molecule is COCC(CNC(=S)NN)OC. The molecule has 12 heavy (non-hydrogen) atoms. The van der Waals surface area contributed by atoms with Gasteiger partial charge in [0.1, 0.15) is 0 Å². The maximum atomic E-state index is 5.07. The number of methoxy groups -OCH3 is 2. The van der Waals surface area contributed by atoms with Crippen molar-refractivity contribution in [1.29, 1.82) is 0 Å². The van der Waals surface area contributed by atoms with E-state index in [1.165, 1.54) is 0 Å². The van der Waals surface area contributed by atoms with E-state index in [1.807, 2.05) is 0 Å². The maximum Gasteiger partial charge on any atom is 0.180 e. The smallest absolute Gasteiger partial charge is 0.180 e. The zero-order valence-electron chi connectivity index (χ0n) is 7.29. The number of ether oxygens (including phenoxy) is 2. The lowest BCUT2D eigenvalue weighted by atomic mass is 10.4. The second-order valence-corrected chi connectivity index (χ2v) is 2.58. The molecule has 0 saturated carbocycles. The van der Waals surface area contributed by atoms with Gasteiger partial charge in [-0.2, -0.15) is 0 Å². The predicted molar refractivity (Wildman–Crippen MR) is 50.6 cm³/mol. The highest BCUT2D eigenvalue weighted by molar-refractivity contribution is 7.80. The highest BCUT2D eigenvalue weighted by Crippen LogP contribution is 1.87. The van der Waals surface area contributed by atoms with Gasteiger partial charge in [-0.05, 0) is 12.2 Å². The van der Waals surface area contributed by atoms with Crippen LogP contribution in [0.5, 0.6) is 0 Å². The molecule has 0 aromatic carbocycles. The molecule has 0 radical (unpaired) electrons. The number of hydrazine groups is 1. The van der Waals surface area contributed by atoms with Crippen LogP contribution < -0.4 is 16.6 Å². The number of hydrogen-bond donors (Lipinski definition) is 3. The summed E-state index contributed by atoms with van der Waals surface area (Å²) in [4.78, 5) is 0. The molecular weight excluding hydrogens is 178 g/mol. The van der Waals surface area contributed by atoms with Gasteiger partial charge in [0.25, 0.3) is 0 Å². The minimum atomic E-state index is -0.0127. The fourth-order valence-corrected chi connectivity index (χ4v) is 0.737. The van der Waals surface area contributed by atoms with Crippen molar-refractivity contribution in [3.63, 3.8) is 0 Å². The highest BCUT2D eigenvalue weighted by atomic mass is 32.1. The van der Waals surface area contributed by atoms with Crippen molar-refractivity contribution in [3.05, 3.63) is 0 Å². The average Bonchev–Trinajstić information content (AvgIpc) is 2.11. The molecule has 6 heteroatoms. The number of rotatable bonds is 5. The molecule has 0 aromatic rings. The van der Waals surface area contributed by atoms with Crippen molar-refractivity contribution >= 4 is 17.3 Å². The van der Waals surface area contributed by atoms with Crippen LogP contribution in [0, 0.1) is 0 Å². The standard InChI is InChI=1S/C6H15N3O2S/c1-10-4-5(11-2)3-8-6(12)9-7/h5H,3-4,7H2,1-2H3,(H2,8,9,12). The largest absolute Gasteiger partial charge is 0.382 e. The van der Waals surface area contributed by atoms with Gasteiger partial charge in [0, 0.05) is 20.8 Å². The topological polar surface area (TPSA) is 68.5 Å². The molecule has 0 amide bonds. The average molecular weight is 193 g/mol. The van der Waals surface area contributed by atoms with E-state index in [2.05, 4.69) is 10.7 Å². The summed E-state index contributed by atoms with van der Waals surface area (Å²) in [5, 5.41) is 3.25. The van der Waals surface area contributed by atoms with Gasteiger partial charge in [-0.15, -0.1) is 0 Å². The Bertz CT molecular complexity index is 134. The van der Waals surface area contributed by atoms with Gasteiger partial charge < -0.3 is 20.2 Å². The van der Waals surface area contributed by atoms with E-state index >= 15 is 0 Å². The van der Waals surface area contributed by atoms with Crippen LogP contribution in [-0.2, 0) is 9.47 Å². The van der Waals surface area contributed by atoms with Crippen LogP contribution in [0.2, 0.25) is 0 Å². The van der Waals surface area contributed by atoms with E-state index in [4.69, 9.17) is 27.5 Å². The van der Waals surface area contributed by atoms with Crippen LogP contribution in [0.4, 0.5) is 0 Å². The molecule has 0 bridgehead atoms. The zero-order valence-corrected chi connectivity index (χ0v) is 8.11. The van der Waals surface area contributed by atoms with Gasteiger partial charge in [-0.25, -0.2) is 5.84 Å². The molecular formula is C6H15N3O2S. The molecule has 0 saturated heterocycles. The summed E-state index contributed by atoms with van der Waals surface area (Å²) >= 11 is 4.76. The first-order valence-corrected chi connectivity index (χ1v) is 3.91. The Hall–Kier alpha value is -0.430.